The van der Waals surface area contributed by atoms with Crippen molar-refractivity contribution in [3.8, 4) is 0 Å². The quantitative estimate of drug-likeness (QED) is 0.801. The first-order chi connectivity index (χ1) is 7.97. The first-order valence-electron chi connectivity index (χ1n) is 5.73. The van der Waals surface area contributed by atoms with Crippen molar-refractivity contribution in [3.05, 3.63) is 23.7 Å². The van der Waals surface area contributed by atoms with Crippen molar-refractivity contribution in [2.75, 3.05) is 13.6 Å². The van der Waals surface area contributed by atoms with Gasteiger partial charge in [0, 0.05) is 18.2 Å². The zero-order valence-electron chi connectivity index (χ0n) is 10.5. The molecule has 5 heteroatoms. The summed E-state index contributed by atoms with van der Waals surface area (Å²) in [4.78, 5) is 1.54. The third-order valence-electron chi connectivity index (χ3n) is 2.30. The third kappa shape index (κ3) is 5.79. The average molecular weight is 246 g/mol. The molecule has 0 aliphatic heterocycles. The molecule has 1 aromatic heterocycles. The Kier molecular flexibility index (Phi) is 5.58. The molecule has 0 fully saturated rings. The Hall–Kier alpha value is -0.940. The van der Waals surface area contributed by atoms with Gasteiger partial charge in [-0.3, -0.25) is 4.90 Å². The molecule has 0 aliphatic carbocycles. The van der Waals surface area contributed by atoms with Crippen LogP contribution in [0, 0.1) is 0 Å². The normalized spacial score (nSPS) is 12.0. The van der Waals surface area contributed by atoms with Gasteiger partial charge in [0.25, 0.3) is 6.43 Å². The van der Waals surface area contributed by atoms with E-state index in [1.807, 2.05) is 6.07 Å². The molecule has 98 valence electrons. The fourth-order valence-electron chi connectivity index (χ4n) is 1.49. The molecule has 1 N–H and O–H groups in total. The van der Waals surface area contributed by atoms with E-state index >= 15 is 0 Å². The smallest absolute Gasteiger partial charge is 0.251 e. The lowest BCUT2D eigenvalue weighted by atomic mass is 10.3. The maximum Gasteiger partial charge on any atom is 0.251 e. The van der Waals surface area contributed by atoms with Crippen molar-refractivity contribution in [2.45, 2.75) is 39.4 Å². The van der Waals surface area contributed by atoms with Crippen LogP contribution in [-0.4, -0.2) is 31.0 Å². The monoisotopic (exact) mass is 246 g/mol. The number of alkyl halides is 2. The molecule has 3 nitrogen and oxygen atoms in total. The Morgan fingerprint density at radius 3 is 2.71 bits per heavy atom. The Labute approximate surface area is 101 Å². The molecule has 0 atom stereocenters. The summed E-state index contributed by atoms with van der Waals surface area (Å²) in [5, 5.41) is 3.27. The van der Waals surface area contributed by atoms with E-state index in [0.717, 1.165) is 12.1 Å². The summed E-state index contributed by atoms with van der Waals surface area (Å²) in [5.74, 6) is 0.716. The van der Waals surface area contributed by atoms with Gasteiger partial charge in [0.15, 0.2) is 0 Å². The standard InChI is InChI=1S/C12H20F2N2O/c1-9(2)15-5-10-4-11(17-8-10)6-16(3)7-12(13)14/h4,8-9,12,15H,5-7H2,1-3H3. The van der Waals surface area contributed by atoms with Crippen LogP contribution >= 0.6 is 0 Å². The van der Waals surface area contributed by atoms with Gasteiger partial charge in [0.1, 0.15) is 5.76 Å². The molecular formula is C12H20F2N2O. The topological polar surface area (TPSA) is 28.4 Å². The predicted octanol–water partition coefficient (Wildman–Crippen LogP) is 2.47. The van der Waals surface area contributed by atoms with Crippen LogP contribution in [0.15, 0.2) is 16.7 Å². The van der Waals surface area contributed by atoms with Gasteiger partial charge in [-0.1, -0.05) is 13.8 Å². The molecule has 0 saturated heterocycles. The van der Waals surface area contributed by atoms with E-state index in [9.17, 15) is 8.78 Å². The SMILES string of the molecule is CC(C)NCc1coc(CN(C)CC(F)F)c1. The molecule has 0 aliphatic rings. The Balaban J connectivity index is 2.39. The summed E-state index contributed by atoms with van der Waals surface area (Å²) in [6.45, 7) is 5.04. The summed E-state index contributed by atoms with van der Waals surface area (Å²) < 4.78 is 29.6. The first kappa shape index (κ1) is 14.1. The highest BCUT2D eigenvalue weighted by atomic mass is 19.3. The molecule has 1 rings (SSSR count). The molecule has 0 bridgehead atoms. The summed E-state index contributed by atoms with van der Waals surface area (Å²) in [7, 11) is 1.65. The minimum absolute atomic E-state index is 0.236. The van der Waals surface area contributed by atoms with Gasteiger partial charge < -0.3 is 9.73 Å². The van der Waals surface area contributed by atoms with E-state index in [2.05, 4.69) is 19.2 Å². The van der Waals surface area contributed by atoms with E-state index in [1.54, 1.807) is 18.2 Å². The fraction of sp³-hybridized carbons (Fsp3) is 0.667. The Morgan fingerprint density at radius 1 is 1.41 bits per heavy atom. The summed E-state index contributed by atoms with van der Waals surface area (Å²) in [5.41, 5.74) is 1.04. The number of nitrogens with one attached hydrogen (secondary N) is 1. The van der Waals surface area contributed by atoms with Crippen LogP contribution in [0.25, 0.3) is 0 Å². The lowest BCUT2D eigenvalue weighted by molar-refractivity contribution is 0.0946. The summed E-state index contributed by atoms with van der Waals surface area (Å²) in [6, 6.07) is 2.31. The molecule has 0 amide bonds. The second-order valence-corrected chi connectivity index (χ2v) is 4.54. The highest BCUT2D eigenvalue weighted by Gasteiger charge is 2.10. The molecule has 0 unspecified atom stereocenters. The molecule has 0 radical (unpaired) electrons. The van der Waals surface area contributed by atoms with Gasteiger partial charge in [-0.2, -0.15) is 0 Å². The molecule has 1 heterocycles. The molecule has 0 aromatic carbocycles. The maximum atomic E-state index is 12.1. The fourth-order valence-corrected chi connectivity index (χ4v) is 1.49. The van der Waals surface area contributed by atoms with Crippen LogP contribution in [0.2, 0.25) is 0 Å². The van der Waals surface area contributed by atoms with Crippen molar-refractivity contribution in [3.63, 3.8) is 0 Å². The largest absolute Gasteiger partial charge is 0.468 e. The van der Waals surface area contributed by atoms with E-state index in [4.69, 9.17) is 4.42 Å². The van der Waals surface area contributed by atoms with Crippen LogP contribution in [0.1, 0.15) is 25.2 Å². The molecule has 17 heavy (non-hydrogen) atoms. The number of hydrogen-bond donors (Lipinski definition) is 1. The molecule has 0 saturated carbocycles. The minimum atomic E-state index is -2.31. The van der Waals surface area contributed by atoms with Crippen LogP contribution in [0.4, 0.5) is 8.78 Å². The van der Waals surface area contributed by atoms with Crippen molar-refractivity contribution < 1.29 is 13.2 Å². The van der Waals surface area contributed by atoms with Gasteiger partial charge in [-0.25, -0.2) is 8.78 Å². The second kappa shape index (κ2) is 6.71. The van der Waals surface area contributed by atoms with E-state index in [0.29, 0.717) is 18.3 Å². The van der Waals surface area contributed by atoms with E-state index < -0.39 is 6.43 Å². The summed E-state index contributed by atoms with van der Waals surface area (Å²) >= 11 is 0. The van der Waals surface area contributed by atoms with Gasteiger partial charge in [-0.05, 0) is 13.1 Å². The Bertz CT molecular complexity index is 326. The maximum absolute atomic E-state index is 12.1. The average Bonchev–Trinajstić information content (AvgIpc) is 2.61. The third-order valence-corrected chi connectivity index (χ3v) is 2.30. The summed E-state index contributed by atoms with van der Waals surface area (Å²) in [6.07, 6.45) is -0.641. The highest BCUT2D eigenvalue weighted by Crippen LogP contribution is 2.10. The zero-order valence-corrected chi connectivity index (χ0v) is 10.5. The van der Waals surface area contributed by atoms with E-state index in [-0.39, 0.29) is 6.54 Å². The predicted molar refractivity (Wildman–Crippen MR) is 63.0 cm³/mol. The van der Waals surface area contributed by atoms with Gasteiger partial charge in [-0.15, -0.1) is 0 Å². The number of furan rings is 1. The van der Waals surface area contributed by atoms with Gasteiger partial charge in [0.05, 0.1) is 19.4 Å². The van der Waals surface area contributed by atoms with Crippen molar-refractivity contribution in [1.29, 1.82) is 0 Å². The lowest BCUT2D eigenvalue weighted by Gasteiger charge is -2.13. The number of halogens is 2. The van der Waals surface area contributed by atoms with Crippen LogP contribution in [-0.2, 0) is 13.1 Å². The number of hydrogen-bond acceptors (Lipinski definition) is 3. The van der Waals surface area contributed by atoms with Crippen molar-refractivity contribution >= 4 is 0 Å². The van der Waals surface area contributed by atoms with Crippen molar-refractivity contribution in [1.82, 2.24) is 10.2 Å². The van der Waals surface area contributed by atoms with Crippen molar-refractivity contribution in [2.24, 2.45) is 0 Å². The zero-order chi connectivity index (χ0) is 12.8. The second-order valence-electron chi connectivity index (χ2n) is 4.54. The molecule has 1 aromatic rings. The van der Waals surface area contributed by atoms with Crippen LogP contribution < -0.4 is 5.32 Å². The van der Waals surface area contributed by atoms with Crippen LogP contribution in [0.3, 0.4) is 0 Å². The number of rotatable bonds is 7. The first-order valence-corrected chi connectivity index (χ1v) is 5.73. The Morgan fingerprint density at radius 2 is 2.12 bits per heavy atom. The molecule has 0 spiro atoms. The highest BCUT2D eigenvalue weighted by molar-refractivity contribution is 5.12. The molecular weight excluding hydrogens is 226 g/mol. The van der Waals surface area contributed by atoms with Crippen LogP contribution in [0.5, 0.6) is 0 Å². The number of nitrogens with zero attached hydrogens (tertiary/aromatic N) is 1. The minimum Gasteiger partial charge on any atom is -0.468 e. The van der Waals surface area contributed by atoms with Gasteiger partial charge in [0.2, 0.25) is 0 Å². The lowest BCUT2D eigenvalue weighted by Crippen LogP contribution is -2.23. The van der Waals surface area contributed by atoms with E-state index in [1.165, 1.54) is 0 Å². The van der Waals surface area contributed by atoms with Gasteiger partial charge >= 0.3 is 0 Å².